The molecule has 0 fully saturated rings. The first kappa shape index (κ1) is 13.1. The van der Waals surface area contributed by atoms with Gasteiger partial charge in [-0.1, -0.05) is 0 Å². The number of halogens is 3. The Balaban J connectivity index is 2.87. The average molecular weight is 250 g/mol. The van der Waals surface area contributed by atoms with Gasteiger partial charge >= 0.3 is 12.1 Å². The van der Waals surface area contributed by atoms with Crippen LogP contribution in [0.5, 0.6) is 11.5 Å². The normalized spacial score (nSPS) is 11.1. The van der Waals surface area contributed by atoms with Crippen molar-refractivity contribution in [2.45, 2.75) is 6.18 Å². The lowest BCUT2D eigenvalue weighted by Gasteiger charge is -2.11. The summed E-state index contributed by atoms with van der Waals surface area (Å²) in [5.41, 5.74) is -0.146. The maximum Gasteiger partial charge on any atom is 0.422 e. The molecule has 94 valence electrons. The average Bonchev–Trinajstić information content (AvgIpc) is 2.24. The predicted molar refractivity (Wildman–Crippen MR) is 51.5 cm³/mol. The van der Waals surface area contributed by atoms with Crippen molar-refractivity contribution in [3.05, 3.63) is 23.8 Å². The number of hydrogen-bond donors (Lipinski definition) is 1. The number of methoxy groups -OCH3 is 1. The maximum absolute atomic E-state index is 11.9. The lowest BCUT2D eigenvalue weighted by molar-refractivity contribution is -0.153. The second kappa shape index (κ2) is 4.94. The Morgan fingerprint density at radius 1 is 1.41 bits per heavy atom. The van der Waals surface area contributed by atoms with E-state index < -0.39 is 18.8 Å². The van der Waals surface area contributed by atoms with E-state index in [0.717, 1.165) is 18.2 Å². The molecule has 0 aliphatic carbocycles. The standard InChI is InChI=1S/C10H9F3O4/c1-16-8-4-6(17-5-10(11,12)13)2-3-7(8)9(14)15/h2-4H,5H2,1H3,(H,14,15). The van der Waals surface area contributed by atoms with Gasteiger partial charge in [-0.05, 0) is 12.1 Å². The molecular weight excluding hydrogens is 241 g/mol. The van der Waals surface area contributed by atoms with Crippen LogP contribution in [-0.2, 0) is 0 Å². The van der Waals surface area contributed by atoms with E-state index in [1.165, 1.54) is 7.11 Å². The third-order valence-electron chi connectivity index (χ3n) is 1.81. The molecule has 0 aromatic heterocycles. The van der Waals surface area contributed by atoms with Gasteiger partial charge in [0.15, 0.2) is 6.61 Å². The first-order valence-corrected chi connectivity index (χ1v) is 4.44. The quantitative estimate of drug-likeness (QED) is 0.891. The summed E-state index contributed by atoms with van der Waals surface area (Å²) in [6.07, 6.45) is -4.45. The van der Waals surface area contributed by atoms with Gasteiger partial charge in [-0.2, -0.15) is 13.2 Å². The SMILES string of the molecule is COc1cc(OCC(F)(F)F)ccc1C(=O)O. The van der Waals surface area contributed by atoms with Crippen LogP contribution in [-0.4, -0.2) is 31.0 Å². The van der Waals surface area contributed by atoms with Gasteiger partial charge < -0.3 is 14.6 Å². The van der Waals surface area contributed by atoms with Crippen molar-refractivity contribution < 1.29 is 32.5 Å². The number of alkyl halides is 3. The summed E-state index contributed by atoms with van der Waals surface area (Å²) < 4.78 is 44.8. The third-order valence-corrected chi connectivity index (χ3v) is 1.81. The molecule has 4 nitrogen and oxygen atoms in total. The van der Waals surface area contributed by atoms with Crippen LogP contribution in [0.15, 0.2) is 18.2 Å². The molecule has 0 saturated carbocycles. The minimum absolute atomic E-state index is 0.0582. The van der Waals surface area contributed by atoms with Gasteiger partial charge in [-0.3, -0.25) is 0 Å². The minimum Gasteiger partial charge on any atom is -0.496 e. The number of benzene rings is 1. The molecule has 0 heterocycles. The maximum atomic E-state index is 11.9. The van der Waals surface area contributed by atoms with E-state index >= 15 is 0 Å². The van der Waals surface area contributed by atoms with E-state index in [9.17, 15) is 18.0 Å². The van der Waals surface area contributed by atoms with Gasteiger partial charge in [-0.15, -0.1) is 0 Å². The molecule has 1 aromatic carbocycles. The van der Waals surface area contributed by atoms with E-state index in [1.807, 2.05) is 0 Å². The summed E-state index contributed by atoms with van der Waals surface area (Å²) in [6.45, 7) is -1.44. The van der Waals surface area contributed by atoms with E-state index in [4.69, 9.17) is 9.84 Å². The van der Waals surface area contributed by atoms with Crippen molar-refractivity contribution in [3.8, 4) is 11.5 Å². The molecule has 1 aromatic rings. The number of carboxylic acids is 1. The van der Waals surface area contributed by atoms with Gasteiger partial charge in [-0.25, -0.2) is 4.79 Å². The van der Waals surface area contributed by atoms with Gasteiger partial charge in [0, 0.05) is 6.07 Å². The van der Waals surface area contributed by atoms with Crippen LogP contribution in [0.4, 0.5) is 13.2 Å². The van der Waals surface area contributed by atoms with Crippen LogP contribution < -0.4 is 9.47 Å². The molecule has 7 heteroatoms. The molecule has 0 aliphatic rings. The Morgan fingerprint density at radius 3 is 2.53 bits per heavy atom. The van der Waals surface area contributed by atoms with Crippen LogP contribution in [0.2, 0.25) is 0 Å². The smallest absolute Gasteiger partial charge is 0.422 e. The van der Waals surface area contributed by atoms with Crippen molar-refractivity contribution in [3.63, 3.8) is 0 Å². The van der Waals surface area contributed by atoms with E-state index in [0.29, 0.717) is 0 Å². The van der Waals surface area contributed by atoms with Gasteiger partial charge in [0.2, 0.25) is 0 Å². The third kappa shape index (κ3) is 3.86. The minimum atomic E-state index is -4.45. The van der Waals surface area contributed by atoms with Gasteiger partial charge in [0.05, 0.1) is 7.11 Å². The zero-order chi connectivity index (χ0) is 13.1. The number of aromatic carboxylic acids is 1. The first-order chi connectivity index (χ1) is 7.83. The lowest BCUT2D eigenvalue weighted by Crippen LogP contribution is -2.19. The van der Waals surface area contributed by atoms with Gasteiger partial charge in [0.25, 0.3) is 0 Å². The van der Waals surface area contributed by atoms with E-state index in [2.05, 4.69) is 4.74 Å². The Hall–Kier alpha value is -1.92. The summed E-state index contributed by atoms with van der Waals surface area (Å²) in [5, 5.41) is 8.75. The van der Waals surface area contributed by atoms with Crippen molar-refractivity contribution >= 4 is 5.97 Å². The van der Waals surface area contributed by atoms with Crippen LogP contribution in [0.3, 0.4) is 0 Å². The van der Waals surface area contributed by atoms with Crippen molar-refractivity contribution in [2.75, 3.05) is 13.7 Å². The Bertz CT molecular complexity index is 415. The molecule has 0 unspecified atom stereocenters. The summed E-state index contributed by atoms with van der Waals surface area (Å²) in [7, 11) is 1.22. The molecule has 0 saturated heterocycles. The van der Waals surface area contributed by atoms with Crippen LogP contribution in [0, 0.1) is 0 Å². The second-order valence-electron chi connectivity index (χ2n) is 3.07. The molecule has 1 rings (SSSR count). The molecule has 0 atom stereocenters. The number of ether oxygens (including phenoxy) is 2. The zero-order valence-electron chi connectivity index (χ0n) is 8.75. The van der Waals surface area contributed by atoms with Crippen molar-refractivity contribution in [1.29, 1.82) is 0 Å². The highest BCUT2D eigenvalue weighted by Gasteiger charge is 2.28. The number of rotatable bonds is 4. The fourth-order valence-corrected chi connectivity index (χ4v) is 1.10. The lowest BCUT2D eigenvalue weighted by atomic mass is 10.2. The first-order valence-electron chi connectivity index (χ1n) is 4.44. The molecule has 1 N–H and O–H groups in total. The molecule has 17 heavy (non-hydrogen) atoms. The number of carboxylic acid groups (broad SMARTS) is 1. The second-order valence-corrected chi connectivity index (χ2v) is 3.07. The molecule has 0 spiro atoms. The van der Waals surface area contributed by atoms with Crippen LogP contribution in [0.1, 0.15) is 10.4 Å². The van der Waals surface area contributed by atoms with Crippen LogP contribution in [0.25, 0.3) is 0 Å². The highest BCUT2D eigenvalue weighted by Crippen LogP contribution is 2.26. The number of hydrogen-bond acceptors (Lipinski definition) is 3. The highest BCUT2D eigenvalue weighted by atomic mass is 19.4. The Labute approximate surface area is 94.6 Å². The molecule has 0 aliphatic heterocycles. The Morgan fingerprint density at radius 2 is 2.06 bits per heavy atom. The monoisotopic (exact) mass is 250 g/mol. The van der Waals surface area contributed by atoms with Crippen molar-refractivity contribution in [1.82, 2.24) is 0 Å². The number of carbonyl (C=O) groups is 1. The predicted octanol–water partition coefficient (Wildman–Crippen LogP) is 2.33. The van der Waals surface area contributed by atoms with Gasteiger partial charge in [0.1, 0.15) is 17.1 Å². The van der Waals surface area contributed by atoms with Crippen LogP contribution >= 0.6 is 0 Å². The summed E-state index contributed by atoms with van der Waals surface area (Å²) in [6, 6.07) is 3.35. The molecule has 0 bridgehead atoms. The largest absolute Gasteiger partial charge is 0.496 e. The fourth-order valence-electron chi connectivity index (χ4n) is 1.10. The summed E-state index contributed by atoms with van der Waals surface area (Å²) >= 11 is 0. The molecule has 0 radical (unpaired) electrons. The fraction of sp³-hybridized carbons (Fsp3) is 0.300. The molecule has 0 amide bonds. The summed E-state index contributed by atoms with van der Waals surface area (Å²) in [4.78, 5) is 10.7. The zero-order valence-corrected chi connectivity index (χ0v) is 8.75. The highest BCUT2D eigenvalue weighted by molar-refractivity contribution is 5.91. The molecular formula is C10H9F3O4. The Kier molecular flexibility index (Phi) is 3.82. The van der Waals surface area contributed by atoms with Crippen molar-refractivity contribution in [2.24, 2.45) is 0 Å². The summed E-state index contributed by atoms with van der Waals surface area (Å²) in [5.74, 6) is -1.40. The van der Waals surface area contributed by atoms with E-state index in [-0.39, 0.29) is 17.1 Å². The van der Waals surface area contributed by atoms with E-state index in [1.54, 1.807) is 0 Å². The topological polar surface area (TPSA) is 55.8 Å².